The van der Waals surface area contributed by atoms with Crippen molar-refractivity contribution in [3.8, 4) is 22.3 Å². The monoisotopic (exact) mass is 487 g/mol. The van der Waals surface area contributed by atoms with Gasteiger partial charge in [-0.3, -0.25) is 0 Å². The van der Waals surface area contributed by atoms with Crippen molar-refractivity contribution >= 4 is 17.1 Å². The third kappa shape index (κ3) is 5.00. The van der Waals surface area contributed by atoms with Crippen molar-refractivity contribution in [2.45, 2.75) is 6.42 Å². The zero-order chi connectivity index (χ0) is 25.6. The molecule has 0 saturated heterocycles. The number of para-hydroxylation sites is 2. The van der Waals surface area contributed by atoms with Gasteiger partial charge < -0.3 is 4.90 Å². The molecule has 0 radical (unpaired) electrons. The van der Waals surface area contributed by atoms with E-state index in [4.69, 9.17) is 0 Å². The van der Waals surface area contributed by atoms with Crippen LogP contribution in [0.15, 0.2) is 164 Å². The highest BCUT2D eigenvalue weighted by atomic mass is 15.1. The standard InChI is InChI=1S/C24H19N.C13H10/c1-4-10-20(11-5-1)21-16-18-24(19-17-21)25(22-12-6-2-7-13-22)23-14-8-3-9-15-23;1-3-7-12-10(5-1)9-11-6-2-4-8-13(11)12/h1-19H;1-8H,9H2. The molecule has 0 saturated carbocycles. The van der Waals surface area contributed by atoms with Gasteiger partial charge in [-0.2, -0.15) is 0 Å². The number of hydrogen-bond donors (Lipinski definition) is 0. The summed E-state index contributed by atoms with van der Waals surface area (Å²) in [5.41, 5.74) is 11.7. The average Bonchev–Trinajstić information content (AvgIpc) is 3.39. The average molecular weight is 488 g/mol. The maximum absolute atomic E-state index is 2.27. The minimum atomic E-state index is 1.10. The molecule has 6 aromatic rings. The van der Waals surface area contributed by atoms with E-state index in [0.717, 1.165) is 23.5 Å². The summed E-state index contributed by atoms with van der Waals surface area (Å²) in [5, 5.41) is 0. The Morgan fingerprint density at radius 1 is 0.316 bits per heavy atom. The van der Waals surface area contributed by atoms with Gasteiger partial charge in [0.05, 0.1) is 0 Å². The summed E-state index contributed by atoms with van der Waals surface area (Å²) < 4.78 is 0. The second-order valence-electron chi connectivity index (χ2n) is 9.41. The Kier molecular flexibility index (Phi) is 6.82. The van der Waals surface area contributed by atoms with Crippen molar-refractivity contribution in [3.05, 3.63) is 175 Å². The fourth-order valence-corrected chi connectivity index (χ4v) is 5.11. The molecule has 0 aliphatic heterocycles. The van der Waals surface area contributed by atoms with E-state index in [9.17, 15) is 0 Å². The zero-order valence-corrected chi connectivity index (χ0v) is 21.2. The van der Waals surface area contributed by atoms with E-state index >= 15 is 0 Å². The smallest absolute Gasteiger partial charge is 0.0462 e. The SMILES string of the molecule is c1ccc(-c2ccc(N(c3ccccc3)c3ccccc3)cc2)cc1.c1ccc2c(c1)Cc1ccccc1-2. The Balaban J connectivity index is 0.000000169. The fourth-order valence-electron chi connectivity index (χ4n) is 5.11. The van der Waals surface area contributed by atoms with Crippen LogP contribution in [0.25, 0.3) is 22.3 Å². The predicted octanol–water partition coefficient (Wildman–Crippen LogP) is 10.1. The first kappa shape index (κ1) is 23.5. The maximum atomic E-state index is 2.27. The lowest BCUT2D eigenvalue weighted by molar-refractivity contribution is 1.26. The highest BCUT2D eigenvalue weighted by Gasteiger charge is 2.16. The topological polar surface area (TPSA) is 3.24 Å². The molecular formula is C37H29N. The quantitative estimate of drug-likeness (QED) is 0.239. The summed E-state index contributed by atoms with van der Waals surface area (Å²) in [4.78, 5) is 2.27. The zero-order valence-electron chi connectivity index (χ0n) is 21.2. The van der Waals surface area contributed by atoms with E-state index in [1.54, 1.807) is 0 Å². The summed E-state index contributed by atoms with van der Waals surface area (Å²) in [5.74, 6) is 0. The Morgan fingerprint density at radius 3 is 1.18 bits per heavy atom. The Hall–Kier alpha value is -4.88. The third-order valence-electron chi connectivity index (χ3n) is 6.97. The summed E-state index contributed by atoms with van der Waals surface area (Å²) in [6.07, 6.45) is 1.10. The molecule has 182 valence electrons. The van der Waals surface area contributed by atoms with Gasteiger partial charge in [-0.25, -0.2) is 0 Å². The molecule has 1 nitrogen and oxygen atoms in total. The minimum absolute atomic E-state index is 1.10. The lowest BCUT2D eigenvalue weighted by Gasteiger charge is -2.25. The molecule has 0 spiro atoms. The number of rotatable bonds is 4. The summed E-state index contributed by atoms with van der Waals surface area (Å²) in [7, 11) is 0. The summed E-state index contributed by atoms with van der Waals surface area (Å²) >= 11 is 0. The third-order valence-corrected chi connectivity index (χ3v) is 6.97. The molecule has 1 heteroatoms. The van der Waals surface area contributed by atoms with Crippen LogP contribution in [0.3, 0.4) is 0 Å². The fraction of sp³-hybridized carbons (Fsp3) is 0.0270. The van der Waals surface area contributed by atoms with Crippen LogP contribution in [0.4, 0.5) is 17.1 Å². The first-order valence-corrected chi connectivity index (χ1v) is 13.1. The van der Waals surface area contributed by atoms with Gasteiger partial charge in [0.15, 0.2) is 0 Å². The van der Waals surface area contributed by atoms with Crippen molar-refractivity contribution in [3.63, 3.8) is 0 Å². The van der Waals surface area contributed by atoms with Gasteiger partial charge in [-0.15, -0.1) is 0 Å². The number of fused-ring (bicyclic) bond motifs is 3. The molecule has 0 N–H and O–H groups in total. The second kappa shape index (κ2) is 11.0. The van der Waals surface area contributed by atoms with Crippen molar-refractivity contribution in [2.75, 3.05) is 4.90 Å². The molecule has 1 aliphatic rings. The molecule has 0 atom stereocenters. The molecule has 38 heavy (non-hydrogen) atoms. The Bertz CT molecular complexity index is 1520. The van der Waals surface area contributed by atoms with E-state index < -0.39 is 0 Å². The maximum Gasteiger partial charge on any atom is 0.0462 e. The van der Waals surface area contributed by atoms with Crippen LogP contribution in [0.1, 0.15) is 11.1 Å². The number of hydrogen-bond acceptors (Lipinski definition) is 1. The van der Waals surface area contributed by atoms with Gasteiger partial charge in [0.25, 0.3) is 0 Å². The van der Waals surface area contributed by atoms with Crippen LogP contribution < -0.4 is 4.90 Å². The van der Waals surface area contributed by atoms with Crippen LogP contribution in [-0.2, 0) is 6.42 Å². The van der Waals surface area contributed by atoms with E-state index in [-0.39, 0.29) is 0 Å². The molecule has 0 heterocycles. The summed E-state index contributed by atoms with van der Waals surface area (Å²) in [6.45, 7) is 0. The van der Waals surface area contributed by atoms with Crippen molar-refractivity contribution in [1.82, 2.24) is 0 Å². The molecule has 0 fully saturated rings. The Labute approximate surface area is 225 Å². The number of nitrogens with zero attached hydrogens (tertiary/aromatic N) is 1. The van der Waals surface area contributed by atoms with Crippen LogP contribution in [-0.4, -0.2) is 0 Å². The van der Waals surface area contributed by atoms with Gasteiger partial charge >= 0.3 is 0 Å². The Morgan fingerprint density at radius 2 is 0.684 bits per heavy atom. The lowest BCUT2D eigenvalue weighted by Crippen LogP contribution is -2.09. The van der Waals surface area contributed by atoms with Gasteiger partial charge in [0.1, 0.15) is 0 Å². The van der Waals surface area contributed by atoms with Crippen LogP contribution in [0, 0.1) is 0 Å². The molecule has 6 aromatic carbocycles. The molecular weight excluding hydrogens is 458 g/mol. The van der Waals surface area contributed by atoms with Crippen LogP contribution in [0.2, 0.25) is 0 Å². The van der Waals surface area contributed by atoms with Crippen LogP contribution in [0.5, 0.6) is 0 Å². The first-order chi connectivity index (χ1) is 18.9. The van der Waals surface area contributed by atoms with E-state index in [0.29, 0.717) is 0 Å². The van der Waals surface area contributed by atoms with E-state index in [1.807, 2.05) is 18.2 Å². The van der Waals surface area contributed by atoms with Gasteiger partial charge in [0, 0.05) is 17.1 Å². The van der Waals surface area contributed by atoms with Gasteiger partial charge in [0.2, 0.25) is 0 Å². The highest BCUT2D eigenvalue weighted by molar-refractivity contribution is 5.78. The predicted molar refractivity (Wildman–Crippen MR) is 161 cm³/mol. The number of anilines is 3. The van der Waals surface area contributed by atoms with E-state index in [1.165, 1.54) is 33.4 Å². The van der Waals surface area contributed by atoms with Crippen LogP contribution >= 0.6 is 0 Å². The van der Waals surface area contributed by atoms with Crippen molar-refractivity contribution < 1.29 is 0 Å². The van der Waals surface area contributed by atoms with Gasteiger partial charge in [-0.1, -0.05) is 127 Å². The molecule has 0 bridgehead atoms. The highest BCUT2D eigenvalue weighted by Crippen LogP contribution is 2.36. The first-order valence-electron chi connectivity index (χ1n) is 13.1. The minimum Gasteiger partial charge on any atom is -0.311 e. The molecule has 0 unspecified atom stereocenters. The second-order valence-corrected chi connectivity index (χ2v) is 9.41. The largest absolute Gasteiger partial charge is 0.311 e. The van der Waals surface area contributed by atoms with Crippen molar-refractivity contribution in [2.24, 2.45) is 0 Å². The van der Waals surface area contributed by atoms with Gasteiger partial charge in [-0.05, 0) is 76.2 Å². The lowest BCUT2D eigenvalue weighted by atomic mass is 10.0. The summed E-state index contributed by atoms with van der Waals surface area (Å²) in [6, 6.07) is 57.4. The molecule has 7 rings (SSSR count). The molecule has 0 aromatic heterocycles. The van der Waals surface area contributed by atoms with Crippen molar-refractivity contribution in [1.29, 1.82) is 0 Å². The molecule has 1 aliphatic carbocycles. The normalized spacial score (nSPS) is 11.1. The van der Waals surface area contributed by atoms with E-state index in [2.05, 4.69) is 150 Å². The molecule has 0 amide bonds. The number of benzene rings is 6.